The Morgan fingerprint density at radius 1 is 1.07 bits per heavy atom. The van der Waals surface area contributed by atoms with Gasteiger partial charge in [0, 0.05) is 55.4 Å². The number of phenols is 1. The van der Waals surface area contributed by atoms with E-state index < -0.39 is 33.5 Å². The van der Waals surface area contributed by atoms with Crippen LogP contribution in [0.5, 0.6) is 11.8 Å². The highest BCUT2D eigenvalue weighted by Gasteiger charge is 2.49. The van der Waals surface area contributed by atoms with Crippen LogP contribution in [0.15, 0.2) is 42.5 Å². The minimum Gasteiger partial charge on any atom is -0.508 e. The lowest BCUT2D eigenvalue weighted by molar-refractivity contribution is 0.0309. The number of aromatic nitrogens is 2. The number of benzene rings is 3. The molecule has 8 nitrogen and oxygen atoms in total. The standard InChI is InChI=1S/C33H33F3N4O4S/c34-22-17-32(6-1-9-40(32)18-22)19-43-31-37-27-15-20(25-16-23(41)14-21-3-5-26(35)29(36)28(21)25)2-4-24(27)30(38-31)39-10-7-33(8-11-39)44-12-13-45(33)42/h2-5,14-16,22,41H,1,6-13,17-19H2/t22-,32+,45?/m1/s1. The number of piperidine rings is 1. The van der Waals surface area contributed by atoms with Crippen LogP contribution in [0.2, 0.25) is 0 Å². The van der Waals surface area contributed by atoms with E-state index in [0.29, 0.717) is 79.1 Å². The van der Waals surface area contributed by atoms with Gasteiger partial charge >= 0.3 is 6.01 Å². The summed E-state index contributed by atoms with van der Waals surface area (Å²) in [6.45, 7) is 3.14. The molecule has 0 amide bonds. The molecule has 236 valence electrons. The third-order valence-corrected chi connectivity index (χ3v) is 12.0. The highest BCUT2D eigenvalue weighted by atomic mass is 32.2. The lowest BCUT2D eigenvalue weighted by atomic mass is 9.95. The fraction of sp³-hybridized carbons (Fsp3) is 0.455. The van der Waals surface area contributed by atoms with Gasteiger partial charge in [-0.3, -0.25) is 9.11 Å². The lowest BCUT2D eigenvalue weighted by Gasteiger charge is -2.38. The van der Waals surface area contributed by atoms with Gasteiger partial charge < -0.3 is 19.5 Å². The second-order valence-corrected chi connectivity index (χ2v) is 14.5. The van der Waals surface area contributed by atoms with Crippen molar-refractivity contribution in [2.24, 2.45) is 0 Å². The van der Waals surface area contributed by atoms with Crippen LogP contribution in [0.3, 0.4) is 0 Å². The fourth-order valence-corrected chi connectivity index (χ4v) is 9.27. The number of aromatic hydroxyl groups is 1. The highest BCUT2D eigenvalue weighted by Crippen LogP contribution is 2.42. The summed E-state index contributed by atoms with van der Waals surface area (Å²) < 4.78 is 68.9. The number of nitrogens with zero attached hydrogens (tertiary/aromatic N) is 4. The zero-order valence-corrected chi connectivity index (χ0v) is 25.4. The molecule has 3 aromatic carbocycles. The predicted molar refractivity (Wildman–Crippen MR) is 166 cm³/mol. The molecule has 8 rings (SSSR count). The Hall–Kier alpha value is -3.48. The Bertz CT molecular complexity index is 1850. The summed E-state index contributed by atoms with van der Waals surface area (Å²) in [5.41, 5.74) is 1.00. The molecule has 3 atom stereocenters. The first-order valence-corrected chi connectivity index (χ1v) is 16.8. The van der Waals surface area contributed by atoms with Gasteiger partial charge in [-0.25, -0.2) is 13.2 Å². The molecule has 1 N–H and O–H groups in total. The van der Waals surface area contributed by atoms with Gasteiger partial charge in [0.15, 0.2) is 11.6 Å². The van der Waals surface area contributed by atoms with Gasteiger partial charge in [0.1, 0.15) is 29.3 Å². The van der Waals surface area contributed by atoms with Crippen LogP contribution in [0, 0.1) is 11.6 Å². The summed E-state index contributed by atoms with van der Waals surface area (Å²) in [5.74, 6) is -0.856. The van der Waals surface area contributed by atoms with Crippen LogP contribution >= 0.6 is 0 Å². The summed E-state index contributed by atoms with van der Waals surface area (Å²) >= 11 is 0. The third-order valence-electron chi connectivity index (χ3n) is 10.1. The van der Waals surface area contributed by atoms with Gasteiger partial charge in [-0.15, -0.1) is 0 Å². The number of ether oxygens (including phenoxy) is 2. The first-order valence-electron chi connectivity index (χ1n) is 15.5. The van der Waals surface area contributed by atoms with Crippen molar-refractivity contribution < 1.29 is 32.0 Å². The number of phenolic OH excluding ortho intramolecular Hbond substituents is 1. The smallest absolute Gasteiger partial charge is 0.319 e. The number of alkyl halides is 1. The molecule has 45 heavy (non-hydrogen) atoms. The van der Waals surface area contributed by atoms with Crippen molar-refractivity contribution in [2.75, 3.05) is 50.0 Å². The van der Waals surface area contributed by atoms with Crippen LogP contribution in [0.25, 0.3) is 32.8 Å². The van der Waals surface area contributed by atoms with Crippen molar-refractivity contribution in [3.05, 3.63) is 54.1 Å². The number of rotatable bonds is 5. The van der Waals surface area contributed by atoms with E-state index in [-0.39, 0.29) is 29.3 Å². The summed E-state index contributed by atoms with van der Waals surface area (Å²) in [4.78, 5) is 13.3. The average Bonchev–Trinajstić information content (AvgIpc) is 3.68. The van der Waals surface area contributed by atoms with Gasteiger partial charge in [-0.05, 0) is 66.2 Å². The molecule has 1 spiro atoms. The van der Waals surface area contributed by atoms with Crippen LogP contribution in [0.4, 0.5) is 19.0 Å². The third kappa shape index (κ3) is 4.83. The predicted octanol–water partition coefficient (Wildman–Crippen LogP) is 5.46. The molecule has 0 radical (unpaired) electrons. The van der Waals surface area contributed by atoms with Gasteiger partial charge in [0.2, 0.25) is 0 Å². The van der Waals surface area contributed by atoms with Crippen molar-refractivity contribution >= 4 is 38.3 Å². The second-order valence-electron chi connectivity index (χ2n) is 12.7. The molecular weight excluding hydrogens is 605 g/mol. The molecule has 1 aromatic heterocycles. The molecule has 4 aliphatic rings. The van der Waals surface area contributed by atoms with E-state index in [0.717, 1.165) is 30.8 Å². The number of hydrogen-bond acceptors (Lipinski definition) is 8. The molecule has 5 heterocycles. The lowest BCUT2D eigenvalue weighted by Crippen LogP contribution is -2.46. The Balaban J connectivity index is 1.20. The zero-order chi connectivity index (χ0) is 30.9. The first kappa shape index (κ1) is 29.0. The number of fused-ring (bicyclic) bond motifs is 3. The molecule has 0 aliphatic carbocycles. The molecule has 1 unspecified atom stereocenters. The highest BCUT2D eigenvalue weighted by molar-refractivity contribution is 7.86. The molecule has 4 saturated heterocycles. The summed E-state index contributed by atoms with van der Waals surface area (Å²) in [6.07, 6.45) is 2.53. The Kier molecular flexibility index (Phi) is 6.95. The maximum Gasteiger partial charge on any atom is 0.319 e. The van der Waals surface area contributed by atoms with Crippen molar-refractivity contribution in [1.82, 2.24) is 14.9 Å². The molecule has 4 fully saturated rings. The average molecular weight is 639 g/mol. The van der Waals surface area contributed by atoms with E-state index in [4.69, 9.17) is 19.4 Å². The summed E-state index contributed by atoms with van der Waals surface area (Å²) in [5, 5.41) is 11.6. The fourth-order valence-electron chi connectivity index (χ4n) is 7.81. The molecule has 12 heteroatoms. The molecule has 4 aromatic rings. The van der Waals surface area contributed by atoms with Crippen molar-refractivity contribution in [3.8, 4) is 22.9 Å². The minimum atomic E-state index is -1.04. The summed E-state index contributed by atoms with van der Waals surface area (Å²) in [7, 11) is -1.04. The largest absolute Gasteiger partial charge is 0.508 e. The molecular formula is C33H33F3N4O4S. The van der Waals surface area contributed by atoms with Crippen LogP contribution in [-0.2, 0) is 15.5 Å². The topological polar surface area (TPSA) is 88.0 Å². The normalized spacial score (nSPS) is 26.3. The van der Waals surface area contributed by atoms with Gasteiger partial charge in [0.25, 0.3) is 0 Å². The Morgan fingerprint density at radius 3 is 2.71 bits per heavy atom. The van der Waals surface area contributed by atoms with Crippen molar-refractivity contribution in [3.63, 3.8) is 0 Å². The Labute approximate surface area is 260 Å². The minimum absolute atomic E-state index is 0.0613. The second kappa shape index (κ2) is 10.8. The quantitative estimate of drug-likeness (QED) is 0.308. The van der Waals surface area contributed by atoms with Gasteiger partial charge in [0.05, 0.1) is 28.5 Å². The first-order chi connectivity index (χ1) is 21.7. The van der Waals surface area contributed by atoms with E-state index in [1.807, 2.05) is 6.07 Å². The Morgan fingerprint density at radius 2 is 1.91 bits per heavy atom. The van der Waals surface area contributed by atoms with E-state index in [2.05, 4.69) is 9.80 Å². The maximum absolute atomic E-state index is 15.1. The van der Waals surface area contributed by atoms with E-state index in [9.17, 15) is 18.1 Å². The van der Waals surface area contributed by atoms with Crippen LogP contribution in [0.1, 0.15) is 32.1 Å². The van der Waals surface area contributed by atoms with E-state index >= 15 is 4.39 Å². The summed E-state index contributed by atoms with van der Waals surface area (Å²) in [6, 6.07) is 10.8. The van der Waals surface area contributed by atoms with Crippen molar-refractivity contribution in [1.29, 1.82) is 0 Å². The van der Waals surface area contributed by atoms with Gasteiger partial charge in [-0.2, -0.15) is 9.97 Å². The number of halogens is 3. The van der Waals surface area contributed by atoms with Crippen LogP contribution < -0.4 is 9.64 Å². The van der Waals surface area contributed by atoms with Crippen LogP contribution in [-0.4, -0.2) is 86.0 Å². The number of hydrogen-bond donors (Lipinski definition) is 1. The SMILES string of the molecule is O=S1CCOC12CCN(c1nc(OC[C@@]34CCCN3C[C@H](F)C4)nc3cc(-c4cc(O)cc5ccc(F)c(F)c45)ccc13)CC2. The van der Waals surface area contributed by atoms with E-state index in [1.165, 1.54) is 18.2 Å². The maximum atomic E-state index is 15.1. The van der Waals surface area contributed by atoms with Crippen molar-refractivity contribution in [2.45, 2.75) is 48.7 Å². The zero-order valence-electron chi connectivity index (χ0n) is 24.6. The number of anilines is 1. The molecule has 4 aliphatic heterocycles. The van der Waals surface area contributed by atoms with E-state index in [1.54, 1.807) is 12.1 Å². The van der Waals surface area contributed by atoms with Gasteiger partial charge in [-0.1, -0.05) is 12.1 Å². The molecule has 0 saturated carbocycles. The monoisotopic (exact) mass is 638 g/mol. The molecule has 0 bridgehead atoms.